The van der Waals surface area contributed by atoms with Crippen molar-refractivity contribution in [2.45, 2.75) is 58.4 Å². The zero-order valence-corrected chi connectivity index (χ0v) is 11.9. The molecule has 1 atom stereocenters. The predicted molar refractivity (Wildman–Crippen MR) is 78.8 cm³/mol. The molecule has 100 valence electrons. The Hall–Kier alpha value is -0.820. The molecule has 1 heteroatoms. The maximum absolute atomic E-state index is 3.80. The molecule has 0 aromatic heterocycles. The fourth-order valence-electron chi connectivity index (χ4n) is 3.26. The number of rotatable bonds is 6. The lowest BCUT2D eigenvalue weighted by Crippen LogP contribution is -2.44. The van der Waals surface area contributed by atoms with Crippen LogP contribution in [-0.2, 0) is 6.42 Å². The SMILES string of the molecule is CCCNC(Cc1ccccc1)C1(C)CCCC1. The van der Waals surface area contributed by atoms with Crippen LogP contribution in [0.25, 0.3) is 0 Å². The molecule has 1 unspecified atom stereocenters. The van der Waals surface area contributed by atoms with E-state index in [1.807, 2.05) is 0 Å². The van der Waals surface area contributed by atoms with Crippen molar-refractivity contribution in [3.63, 3.8) is 0 Å². The van der Waals surface area contributed by atoms with Gasteiger partial charge in [-0.25, -0.2) is 0 Å². The molecule has 18 heavy (non-hydrogen) atoms. The van der Waals surface area contributed by atoms with Gasteiger partial charge < -0.3 is 5.32 Å². The van der Waals surface area contributed by atoms with Gasteiger partial charge in [0.25, 0.3) is 0 Å². The summed E-state index contributed by atoms with van der Waals surface area (Å²) in [4.78, 5) is 0. The summed E-state index contributed by atoms with van der Waals surface area (Å²) < 4.78 is 0. The van der Waals surface area contributed by atoms with E-state index in [1.165, 1.54) is 44.1 Å². The molecular weight excluding hydrogens is 218 g/mol. The van der Waals surface area contributed by atoms with Crippen molar-refractivity contribution >= 4 is 0 Å². The number of hydrogen-bond donors (Lipinski definition) is 1. The largest absolute Gasteiger partial charge is 0.313 e. The summed E-state index contributed by atoms with van der Waals surface area (Å²) in [5, 5.41) is 3.80. The van der Waals surface area contributed by atoms with Crippen LogP contribution in [0.3, 0.4) is 0 Å². The maximum atomic E-state index is 3.80. The summed E-state index contributed by atoms with van der Waals surface area (Å²) in [6.07, 6.45) is 8.01. The standard InChI is InChI=1S/C17H27N/c1-3-13-18-16(17(2)11-7-8-12-17)14-15-9-5-4-6-10-15/h4-6,9-10,16,18H,3,7-8,11-14H2,1-2H3. The molecule has 1 nitrogen and oxygen atoms in total. The zero-order valence-electron chi connectivity index (χ0n) is 11.9. The molecule has 1 fully saturated rings. The van der Waals surface area contributed by atoms with Gasteiger partial charge in [0.1, 0.15) is 0 Å². The van der Waals surface area contributed by atoms with E-state index >= 15 is 0 Å². The van der Waals surface area contributed by atoms with Crippen LogP contribution in [-0.4, -0.2) is 12.6 Å². The highest BCUT2D eigenvalue weighted by molar-refractivity contribution is 5.17. The van der Waals surface area contributed by atoms with Gasteiger partial charge in [0.2, 0.25) is 0 Å². The van der Waals surface area contributed by atoms with Crippen molar-refractivity contribution in [2.24, 2.45) is 5.41 Å². The summed E-state index contributed by atoms with van der Waals surface area (Å²) >= 11 is 0. The van der Waals surface area contributed by atoms with E-state index in [1.54, 1.807) is 0 Å². The molecule has 1 N–H and O–H groups in total. The van der Waals surface area contributed by atoms with Gasteiger partial charge in [-0.3, -0.25) is 0 Å². The number of nitrogens with one attached hydrogen (secondary N) is 1. The molecule has 0 bridgehead atoms. The first-order chi connectivity index (χ1) is 8.74. The third kappa shape index (κ3) is 3.35. The van der Waals surface area contributed by atoms with Crippen LogP contribution in [0, 0.1) is 5.41 Å². The highest BCUT2D eigenvalue weighted by atomic mass is 14.9. The predicted octanol–water partition coefficient (Wildman–Crippen LogP) is 4.18. The third-order valence-electron chi connectivity index (χ3n) is 4.51. The van der Waals surface area contributed by atoms with E-state index in [4.69, 9.17) is 0 Å². The summed E-state index contributed by atoms with van der Waals surface area (Å²) in [7, 11) is 0. The number of hydrogen-bond acceptors (Lipinski definition) is 1. The molecule has 1 aromatic rings. The van der Waals surface area contributed by atoms with Crippen molar-refractivity contribution in [2.75, 3.05) is 6.54 Å². The quantitative estimate of drug-likeness (QED) is 0.793. The van der Waals surface area contributed by atoms with Gasteiger partial charge in [0.15, 0.2) is 0 Å². The molecular formula is C17H27N. The molecule has 0 heterocycles. The van der Waals surface area contributed by atoms with Crippen molar-refractivity contribution in [3.8, 4) is 0 Å². The van der Waals surface area contributed by atoms with E-state index in [-0.39, 0.29) is 0 Å². The lowest BCUT2D eigenvalue weighted by atomic mass is 9.77. The minimum absolute atomic E-state index is 0.505. The molecule has 2 rings (SSSR count). The molecule has 1 aliphatic carbocycles. The Morgan fingerprint density at radius 1 is 1.17 bits per heavy atom. The van der Waals surface area contributed by atoms with Gasteiger partial charge in [0, 0.05) is 6.04 Å². The Labute approximate surface area is 112 Å². The smallest absolute Gasteiger partial charge is 0.0161 e. The van der Waals surface area contributed by atoms with Crippen LogP contribution in [0.15, 0.2) is 30.3 Å². The maximum Gasteiger partial charge on any atom is 0.0161 e. The molecule has 0 amide bonds. The molecule has 1 saturated carbocycles. The topological polar surface area (TPSA) is 12.0 Å². The first-order valence-electron chi connectivity index (χ1n) is 7.52. The first-order valence-corrected chi connectivity index (χ1v) is 7.52. The molecule has 0 spiro atoms. The number of benzene rings is 1. The summed E-state index contributed by atoms with van der Waals surface area (Å²) in [5.41, 5.74) is 1.98. The van der Waals surface area contributed by atoms with Gasteiger partial charge in [0.05, 0.1) is 0 Å². The average Bonchev–Trinajstić information content (AvgIpc) is 2.84. The molecule has 0 aliphatic heterocycles. The molecule has 1 aromatic carbocycles. The van der Waals surface area contributed by atoms with E-state index in [2.05, 4.69) is 49.5 Å². The second kappa shape index (κ2) is 6.38. The van der Waals surface area contributed by atoms with Crippen molar-refractivity contribution in [1.82, 2.24) is 5.32 Å². The fraction of sp³-hybridized carbons (Fsp3) is 0.647. The van der Waals surface area contributed by atoms with Crippen LogP contribution in [0.2, 0.25) is 0 Å². The second-order valence-corrected chi connectivity index (χ2v) is 6.06. The van der Waals surface area contributed by atoms with Crippen molar-refractivity contribution in [1.29, 1.82) is 0 Å². The van der Waals surface area contributed by atoms with Crippen molar-refractivity contribution in [3.05, 3.63) is 35.9 Å². The fourth-order valence-corrected chi connectivity index (χ4v) is 3.26. The van der Waals surface area contributed by atoms with Crippen LogP contribution >= 0.6 is 0 Å². The summed E-state index contributed by atoms with van der Waals surface area (Å²) in [6.45, 7) is 5.88. The van der Waals surface area contributed by atoms with Crippen molar-refractivity contribution < 1.29 is 0 Å². The van der Waals surface area contributed by atoms with E-state index in [9.17, 15) is 0 Å². The Morgan fingerprint density at radius 2 is 1.83 bits per heavy atom. The van der Waals surface area contributed by atoms with E-state index in [0.717, 1.165) is 6.54 Å². The van der Waals surface area contributed by atoms with Crippen LogP contribution < -0.4 is 5.32 Å². The van der Waals surface area contributed by atoms with Gasteiger partial charge >= 0.3 is 0 Å². The lowest BCUT2D eigenvalue weighted by Gasteiger charge is -2.35. The second-order valence-electron chi connectivity index (χ2n) is 6.06. The van der Waals surface area contributed by atoms with Gasteiger partial charge in [-0.15, -0.1) is 0 Å². The Kier molecular flexibility index (Phi) is 4.82. The summed E-state index contributed by atoms with van der Waals surface area (Å²) in [5.74, 6) is 0. The van der Waals surface area contributed by atoms with E-state index in [0.29, 0.717) is 11.5 Å². The van der Waals surface area contributed by atoms with Gasteiger partial charge in [-0.1, -0.05) is 57.0 Å². The molecule has 0 radical (unpaired) electrons. The average molecular weight is 245 g/mol. The van der Waals surface area contributed by atoms with Gasteiger partial charge in [-0.05, 0) is 43.2 Å². The Balaban J connectivity index is 2.05. The highest BCUT2D eigenvalue weighted by Gasteiger charge is 2.36. The normalized spacial score (nSPS) is 19.9. The highest BCUT2D eigenvalue weighted by Crippen LogP contribution is 2.41. The van der Waals surface area contributed by atoms with E-state index < -0.39 is 0 Å². The minimum atomic E-state index is 0.505. The molecule has 1 aliphatic rings. The summed E-state index contributed by atoms with van der Waals surface area (Å²) in [6, 6.07) is 11.6. The monoisotopic (exact) mass is 245 g/mol. The van der Waals surface area contributed by atoms with Gasteiger partial charge in [-0.2, -0.15) is 0 Å². The van der Waals surface area contributed by atoms with Crippen LogP contribution in [0.1, 0.15) is 51.5 Å². The Morgan fingerprint density at radius 3 is 2.44 bits per heavy atom. The Bertz CT molecular complexity index is 338. The zero-order chi connectivity index (χ0) is 12.8. The van der Waals surface area contributed by atoms with Crippen LogP contribution in [0.5, 0.6) is 0 Å². The first kappa shape index (κ1) is 13.6. The minimum Gasteiger partial charge on any atom is -0.313 e. The third-order valence-corrected chi connectivity index (χ3v) is 4.51. The van der Waals surface area contributed by atoms with Crippen LogP contribution in [0.4, 0.5) is 0 Å². The lowest BCUT2D eigenvalue weighted by molar-refractivity contribution is 0.219. The molecule has 0 saturated heterocycles.